The lowest BCUT2D eigenvalue weighted by atomic mass is 10.2. The molecule has 0 saturated heterocycles. The summed E-state index contributed by atoms with van der Waals surface area (Å²) in [6, 6.07) is 16.1. The third kappa shape index (κ3) is 2.67. The molecule has 24 heavy (non-hydrogen) atoms. The zero-order valence-corrected chi connectivity index (χ0v) is 14.4. The molecule has 4 aromatic rings. The number of amides is 1. The Morgan fingerprint density at radius 1 is 1.21 bits per heavy atom. The summed E-state index contributed by atoms with van der Waals surface area (Å²) < 4.78 is 1.15. The summed E-state index contributed by atoms with van der Waals surface area (Å²) in [7, 11) is 1.81. The summed E-state index contributed by atoms with van der Waals surface area (Å²) in [6.07, 6.45) is 0. The maximum absolute atomic E-state index is 12.7. The summed E-state index contributed by atoms with van der Waals surface area (Å²) >= 11 is 1.63. The highest BCUT2D eigenvalue weighted by Crippen LogP contribution is 2.23. The van der Waals surface area contributed by atoms with Gasteiger partial charge < -0.3 is 9.88 Å². The number of benzene rings is 2. The molecule has 2 aromatic heterocycles. The van der Waals surface area contributed by atoms with Crippen LogP contribution in [0.5, 0.6) is 0 Å². The number of nitrogens with zero attached hydrogens (tertiary/aromatic N) is 2. The molecule has 2 heterocycles. The standard InChI is InChI=1S/C19H17N3OS/c1-12-7-8-13-10-16(20-15(13)9-12)19(23)22(2)11-18-21-14-5-3-4-6-17(14)24-18/h3-10,20H,11H2,1-2H3. The number of aryl methyl sites for hydroxylation is 1. The van der Waals surface area contributed by atoms with Gasteiger partial charge in [-0.1, -0.05) is 24.3 Å². The van der Waals surface area contributed by atoms with Crippen molar-refractivity contribution in [1.29, 1.82) is 0 Å². The van der Waals surface area contributed by atoms with E-state index in [1.165, 1.54) is 5.56 Å². The van der Waals surface area contributed by atoms with Gasteiger partial charge >= 0.3 is 0 Å². The quantitative estimate of drug-likeness (QED) is 0.605. The van der Waals surface area contributed by atoms with Crippen molar-refractivity contribution < 1.29 is 4.79 Å². The van der Waals surface area contributed by atoms with Gasteiger partial charge in [0.25, 0.3) is 5.91 Å². The molecule has 0 spiro atoms. The second-order valence-corrected chi connectivity index (χ2v) is 7.13. The van der Waals surface area contributed by atoms with E-state index in [2.05, 4.69) is 28.2 Å². The van der Waals surface area contributed by atoms with Crippen molar-refractivity contribution in [2.24, 2.45) is 0 Å². The predicted molar refractivity (Wildman–Crippen MR) is 98.5 cm³/mol. The van der Waals surface area contributed by atoms with Gasteiger partial charge in [0.1, 0.15) is 10.7 Å². The minimum atomic E-state index is -0.0249. The fourth-order valence-electron chi connectivity index (χ4n) is 2.82. The lowest BCUT2D eigenvalue weighted by Gasteiger charge is -2.14. The van der Waals surface area contributed by atoms with E-state index in [1.807, 2.05) is 44.3 Å². The van der Waals surface area contributed by atoms with E-state index in [9.17, 15) is 4.79 Å². The predicted octanol–water partition coefficient (Wildman–Crippen LogP) is 4.36. The lowest BCUT2D eigenvalue weighted by molar-refractivity contribution is 0.0780. The van der Waals surface area contributed by atoms with Crippen LogP contribution in [0.25, 0.3) is 21.1 Å². The first-order valence-corrected chi connectivity index (χ1v) is 8.61. The van der Waals surface area contributed by atoms with Crippen molar-refractivity contribution in [2.75, 3.05) is 7.05 Å². The number of aromatic nitrogens is 2. The van der Waals surface area contributed by atoms with Gasteiger partial charge in [0.15, 0.2) is 0 Å². The van der Waals surface area contributed by atoms with Gasteiger partial charge in [-0.25, -0.2) is 4.98 Å². The molecule has 0 radical (unpaired) electrons. The van der Waals surface area contributed by atoms with Crippen LogP contribution in [-0.4, -0.2) is 27.8 Å². The van der Waals surface area contributed by atoms with Crippen LogP contribution >= 0.6 is 11.3 Å². The van der Waals surface area contributed by atoms with Crippen molar-refractivity contribution in [3.8, 4) is 0 Å². The van der Waals surface area contributed by atoms with Crippen LogP contribution in [0.2, 0.25) is 0 Å². The highest BCUT2D eigenvalue weighted by Gasteiger charge is 2.16. The van der Waals surface area contributed by atoms with Crippen molar-refractivity contribution in [3.05, 3.63) is 64.8 Å². The molecule has 0 aliphatic heterocycles. The van der Waals surface area contributed by atoms with Gasteiger partial charge in [0.2, 0.25) is 0 Å². The average Bonchev–Trinajstić information content (AvgIpc) is 3.16. The number of para-hydroxylation sites is 1. The number of fused-ring (bicyclic) bond motifs is 2. The Labute approximate surface area is 143 Å². The van der Waals surface area contributed by atoms with Crippen LogP contribution in [0.4, 0.5) is 0 Å². The first-order chi connectivity index (χ1) is 11.6. The smallest absolute Gasteiger partial charge is 0.270 e. The zero-order chi connectivity index (χ0) is 16.7. The highest BCUT2D eigenvalue weighted by atomic mass is 32.1. The van der Waals surface area contributed by atoms with Crippen LogP contribution in [0.15, 0.2) is 48.5 Å². The number of hydrogen-bond donors (Lipinski definition) is 1. The number of carbonyl (C=O) groups is 1. The number of carbonyl (C=O) groups excluding carboxylic acids is 1. The SMILES string of the molecule is Cc1ccc2cc(C(=O)N(C)Cc3nc4ccccc4s3)[nH]c2c1. The molecule has 2 aromatic carbocycles. The minimum absolute atomic E-state index is 0.0249. The van der Waals surface area contributed by atoms with Crippen molar-refractivity contribution in [1.82, 2.24) is 14.9 Å². The van der Waals surface area contributed by atoms with E-state index in [0.29, 0.717) is 12.2 Å². The number of H-pyrrole nitrogens is 1. The third-order valence-electron chi connectivity index (χ3n) is 4.07. The van der Waals surface area contributed by atoms with Crippen LogP contribution < -0.4 is 0 Å². The monoisotopic (exact) mass is 335 g/mol. The molecule has 0 aliphatic carbocycles. The molecule has 120 valence electrons. The number of nitrogens with one attached hydrogen (secondary N) is 1. The first kappa shape index (κ1) is 14.9. The molecular formula is C19H17N3OS. The molecular weight excluding hydrogens is 318 g/mol. The Bertz CT molecular complexity index is 1010. The Kier molecular flexibility index (Phi) is 3.58. The van der Waals surface area contributed by atoms with Gasteiger partial charge in [0, 0.05) is 18.0 Å². The van der Waals surface area contributed by atoms with E-state index in [0.717, 1.165) is 26.1 Å². The summed E-state index contributed by atoms with van der Waals surface area (Å²) in [5, 5.41) is 2.00. The molecule has 4 nitrogen and oxygen atoms in total. The van der Waals surface area contributed by atoms with Gasteiger partial charge in [0.05, 0.1) is 16.8 Å². The van der Waals surface area contributed by atoms with Crippen LogP contribution in [-0.2, 0) is 6.54 Å². The summed E-state index contributed by atoms with van der Waals surface area (Å²) in [6.45, 7) is 2.55. The maximum Gasteiger partial charge on any atom is 0.270 e. The molecule has 4 rings (SSSR count). The molecule has 0 aliphatic rings. The van der Waals surface area contributed by atoms with E-state index in [4.69, 9.17) is 0 Å². The number of rotatable bonds is 3. The molecule has 5 heteroatoms. The van der Waals surface area contributed by atoms with Gasteiger partial charge in [-0.05, 0) is 36.8 Å². The van der Waals surface area contributed by atoms with Crippen LogP contribution in [0.3, 0.4) is 0 Å². The number of hydrogen-bond acceptors (Lipinski definition) is 3. The first-order valence-electron chi connectivity index (χ1n) is 7.79. The van der Waals surface area contributed by atoms with Crippen LogP contribution in [0, 0.1) is 6.92 Å². The highest BCUT2D eigenvalue weighted by molar-refractivity contribution is 7.18. The molecule has 0 unspecified atom stereocenters. The molecule has 1 N–H and O–H groups in total. The van der Waals surface area contributed by atoms with Crippen LogP contribution in [0.1, 0.15) is 21.1 Å². The third-order valence-corrected chi connectivity index (χ3v) is 5.09. The molecule has 0 fully saturated rings. The van der Waals surface area contributed by atoms with Crippen molar-refractivity contribution in [3.63, 3.8) is 0 Å². The fraction of sp³-hybridized carbons (Fsp3) is 0.158. The fourth-order valence-corrected chi connectivity index (χ4v) is 3.84. The Hall–Kier alpha value is -2.66. The largest absolute Gasteiger partial charge is 0.351 e. The Morgan fingerprint density at radius 3 is 2.88 bits per heavy atom. The average molecular weight is 335 g/mol. The number of aromatic amines is 1. The van der Waals surface area contributed by atoms with Gasteiger partial charge in [-0.3, -0.25) is 4.79 Å². The Morgan fingerprint density at radius 2 is 2.04 bits per heavy atom. The van der Waals surface area contributed by atoms with Gasteiger partial charge in [-0.15, -0.1) is 11.3 Å². The summed E-state index contributed by atoms with van der Waals surface area (Å²) in [5.74, 6) is -0.0249. The van der Waals surface area contributed by atoms with Crippen molar-refractivity contribution >= 4 is 38.4 Å². The maximum atomic E-state index is 12.7. The molecule has 0 saturated carbocycles. The van der Waals surface area contributed by atoms with E-state index >= 15 is 0 Å². The lowest BCUT2D eigenvalue weighted by Crippen LogP contribution is -2.26. The van der Waals surface area contributed by atoms with E-state index in [1.54, 1.807) is 16.2 Å². The normalized spacial score (nSPS) is 11.2. The minimum Gasteiger partial charge on any atom is -0.351 e. The Balaban J connectivity index is 1.58. The molecule has 0 atom stereocenters. The second-order valence-electron chi connectivity index (χ2n) is 6.01. The van der Waals surface area contributed by atoms with Gasteiger partial charge in [-0.2, -0.15) is 0 Å². The van der Waals surface area contributed by atoms with E-state index in [-0.39, 0.29) is 5.91 Å². The zero-order valence-electron chi connectivity index (χ0n) is 13.5. The summed E-state index contributed by atoms with van der Waals surface area (Å²) in [4.78, 5) is 22.2. The van der Waals surface area contributed by atoms with E-state index < -0.39 is 0 Å². The number of thiazole rings is 1. The topological polar surface area (TPSA) is 49.0 Å². The second kappa shape index (κ2) is 5.76. The summed E-state index contributed by atoms with van der Waals surface area (Å²) in [5.41, 5.74) is 3.76. The van der Waals surface area contributed by atoms with Crippen molar-refractivity contribution in [2.45, 2.75) is 13.5 Å². The molecule has 0 bridgehead atoms. The molecule has 1 amide bonds.